The molecule has 0 unspecified atom stereocenters. The third-order valence-electron chi connectivity index (χ3n) is 3.19. The van der Waals surface area contributed by atoms with Crippen LogP contribution in [-0.4, -0.2) is 12.2 Å². The standard InChI is InChI=1S/C16H12ClNOS/c1-20-12-5-2-10(3-6-12)8-14-13-9-11(17)4-7-15(13)18-16(14)19/h2-9H,1H3,(H,18,19). The largest absolute Gasteiger partial charge is 0.321 e. The minimum Gasteiger partial charge on any atom is -0.321 e. The molecule has 0 saturated carbocycles. The Balaban J connectivity index is 2.03. The van der Waals surface area contributed by atoms with Gasteiger partial charge in [0.15, 0.2) is 0 Å². The van der Waals surface area contributed by atoms with Crippen LogP contribution in [0.1, 0.15) is 11.1 Å². The molecule has 0 radical (unpaired) electrons. The van der Waals surface area contributed by atoms with Gasteiger partial charge in [-0.15, -0.1) is 11.8 Å². The molecule has 4 heteroatoms. The molecule has 0 atom stereocenters. The summed E-state index contributed by atoms with van der Waals surface area (Å²) >= 11 is 7.70. The Bertz CT molecular complexity index is 707. The highest BCUT2D eigenvalue weighted by Crippen LogP contribution is 2.35. The number of fused-ring (bicyclic) bond motifs is 1. The SMILES string of the molecule is CSc1ccc(C=C2C(=O)Nc3ccc(Cl)cc32)cc1. The molecule has 0 bridgehead atoms. The molecule has 20 heavy (non-hydrogen) atoms. The monoisotopic (exact) mass is 301 g/mol. The van der Waals surface area contributed by atoms with E-state index in [1.165, 1.54) is 4.90 Å². The third-order valence-corrected chi connectivity index (χ3v) is 4.17. The van der Waals surface area contributed by atoms with Crippen molar-refractivity contribution in [3.8, 4) is 0 Å². The van der Waals surface area contributed by atoms with E-state index in [2.05, 4.69) is 5.32 Å². The number of thioether (sulfide) groups is 1. The number of rotatable bonds is 2. The van der Waals surface area contributed by atoms with Gasteiger partial charge in [0, 0.05) is 26.7 Å². The smallest absolute Gasteiger partial charge is 0.256 e. The molecule has 0 fully saturated rings. The lowest BCUT2D eigenvalue weighted by atomic mass is 10.0. The second-order valence-electron chi connectivity index (χ2n) is 4.48. The number of carbonyl (C=O) groups excluding carboxylic acids is 1. The number of nitrogens with one attached hydrogen (secondary N) is 1. The van der Waals surface area contributed by atoms with E-state index in [0.717, 1.165) is 16.8 Å². The van der Waals surface area contributed by atoms with Crippen LogP contribution >= 0.6 is 23.4 Å². The average molecular weight is 302 g/mol. The Labute approximate surface area is 126 Å². The highest BCUT2D eigenvalue weighted by atomic mass is 35.5. The molecule has 2 aromatic rings. The van der Waals surface area contributed by atoms with Crippen molar-refractivity contribution in [2.24, 2.45) is 0 Å². The lowest BCUT2D eigenvalue weighted by molar-refractivity contribution is -0.110. The highest BCUT2D eigenvalue weighted by Gasteiger charge is 2.23. The number of benzene rings is 2. The summed E-state index contributed by atoms with van der Waals surface area (Å²) in [5, 5.41) is 3.48. The molecule has 2 nitrogen and oxygen atoms in total. The van der Waals surface area contributed by atoms with Gasteiger partial charge in [-0.1, -0.05) is 23.7 Å². The van der Waals surface area contributed by atoms with Crippen molar-refractivity contribution in [3.63, 3.8) is 0 Å². The summed E-state index contributed by atoms with van der Waals surface area (Å²) in [6, 6.07) is 13.5. The van der Waals surface area contributed by atoms with Crippen LogP contribution in [0.2, 0.25) is 5.02 Å². The molecular weight excluding hydrogens is 290 g/mol. The van der Waals surface area contributed by atoms with E-state index >= 15 is 0 Å². The molecule has 2 aromatic carbocycles. The van der Waals surface area contributed by atoms with Crippen LogP contribution in [0, 0.1) is 0 Å². The minimum absolute atomic E-state index is 0.0868. The van der Waals surface area contributed by atoms with Gasteiger partial charge in [-0.3, -0.25) is 4.79 Å². The third kappa shape index (κ3) is 2.47. The number of anilines is 1. The maximum atomic E-state index is 12.0. The van der Waals surface area contributed by atoms with Crippen molar-refractivity contribution < 1.29 is 4.79 Å². The maximum absolute atomic E-state index is 12.0. The van der Waals surface area contributed by atoms with E-state index in [4.69, 9.17) is 11.6 Å². The second-order valence-corrected chi connectivity index (χ2v) is 5.79. The summed E-state index contributed by atoms with van der Waals surface area (Å²) in [7, 11) is 0. The molecular formula is C16H12ClNOS. The molecule has 1 N–H and O–H groups in total. The van der Waals surface area contributed by atoms with Crippen molar-refractivity contribution >= 4 is 46.6 Å². The fourth-order valence-corrected chi connectivity index (χ4v) is 2.75. The van der Waals surface area contributed by atoms with Gasteiger partial charge in [-0.2, -0.15) is 0 Å². The zero-order valence-corrected chi connectivity index (χ0v) is 12.4. The van der Waals surface area contributed by atoms with Crippen LogP contribution in [0.25, 0.3) is 11.6 Å². The van der Waals surface area contributed by atoms with Gasteiger partial charge in [-0.25, -0.2) is 0 Å². The zero-order valence-electron chi connectivity index (χ0n) is 10.8. The molecule has 0 aromatic heterocycles. The van der Waals surface area contributed by atoms with E-state index in [-0.39, 0.29) is 5.91 Å². The quantitative estimate of drug-likeness (QED) is 0.651. The predicted molar refractivity (Wildman–Crippen MR) is 86.2 cm³/mol. The van der Waals surface area contributed by atoms with E-state index in [0.29, 0.717) is 10.6 Å². The van der Waals surface area contributed by atoms with Gasteiger partial charge in [-0.05, 0) is 48.2 Å². The minimum atomic E-state index is -0.0868. The molecule has 1 amide bonds. The Morgan fingerprint density at radius 1 is 1.15 bits per heavy atom. The molecule has 3 rings (SSSR count). The normalized spacial score (nSPS) is 15.3. The summed E-state index contributed by atoms with van der Waals surface area (Å²) in [6.45, 7) is 0. The van der Waals surface area contributed by atoms with Crippen molar-refractivity contribution in [2.45, 2.75) is 4.90 Å². The van der Waals surface area contributed by atoms with Crippen LogP contribution in [0.4, 0.5) is 5.69 Å². The average Bonchev–Trinajstić information content (AvgIpc) is 2.76. The summed E-state index contributed by atoms with van der Waals surface area (Å²) in [4.78, 5) is 13.2. The van der Waals surface area contributed by atoms with E-state index in [1.807, 2.05) is 48.7 Å². The van der Waals surface area contributed by atoms with Crippen molar-refractivity contribution in [1.29, 1.82) is 0 Å². The summed E-state index contributed by atoms with van der Waals surface area (Å²) < 4.78 is 0. The van der Waals surface area contributed by atoms with E-state index in [1.54, 1.807) is 17.8 Å². The first kappa shape index (κ1) is 13.3. The second kappa shape index (κ2) is 5.35. The molecule has 0 aliphatic carbocycles. The van der Waals surface area contributed by atoms with Crippen LogP contribution in [0.3, 0.4) is 0 Å². The van der Waals surface area contributed by atoms with Gasteiger partial charge in [0.2, 0.25) is 0 Å². The first-order valence-electron chi connectivity index (χ1n) is 6.14. The van der Waals surface area contributed by atoms with Crippen molar-refractivity contribution in [1.82, 2.24) is 0 Å². The summed E-state index contributed by atoms with van der Waals surface area (Å²) in [5.41, 5.74) is 3.32. The fraction of sp³-hybridized carbons (Fsp3) is 0.0625. The van der Waals surface area contributed by atoms with Crippen LogP contribution < -0.4 is 5.32 Å². The van der Waals surface area contributed by atoms with Gasteiger partial charge in [0.05, 0.1) is 0 Å². The fourth-order valence-electron chi connectivity index (χ4n) is 2.17. The van der Waals surface area contributed by atoms with Crippen LogP contribution in [0.15, 0.2) is 47.4 Å². The highest BCUT2D eigenvalue weighted by molar-refractivity contribution is 7.98. The van der Waals surface area contributed by atoms with Crippen LogP contribution in [0.5, 0.6) is 0 Å². The lowest BCUT2D eigenvalue weighted by Crippen LogP contribution is -2.03. The molecule has 100 valence electrons. The molecule has 0 saturated heterocycles. The van der Waals surface area contributed by atoms with Gasteiger partial charge < -0.3 is 5.32 Å². The maximum Gasteiger partial charge on any atom is 0.256 e. The van der Waals surface area contributed by atoms with Crippen molar-refractivity contribution in [3.05, 3.63) is 58.6 Å². The van der Waals surface area contributed by atoms with Crippen LogP contribution in [-0.2, 0) is 4.79 Å². The summed E-state index contributed by atoms with van der Waals surface area (Å²) in [6.07, 6.45) is 3.93. The van der Waals surface area contributed by atoms with E-state index in [9.17, 15) is 4.79 Å². The molecule has 1 aliphatic heterocycles. The number of halogens is 1. The topological polar surface area (TPSA) is 29.1 Å². The first-order valence-corrected chi connectivity index (χ1v) is 7.74. The number of carbonyl (C=O) groups is 1. The van der Waals surface area contributed by atoms with E-state index < -0.39 is 0 Å². The Morgan fingerprint density at radius 3 is 2.60 bits per heavy atom. The van der Waals surface area contributed by atoms with Gasteiger partial charge >= 0.3 is 0 Å². The number of hydrogen-bond acceptors (Lipinski definition) is 2. The number of amides is 1. The Hall–Kier alpha value is -1.71. The molecule has 0 spiro atoms. The predicted octanol–water partition coefficient (Wildman–Crippen LogP) is 4.55. The van der Waals surface area contributed by atoms with Crippen molar-refractivity contribution in [2.75, 3.05) is 11.6 Å². The summed E-state index contributed by atoms with van der Waals surface area (Å²) in [5.74, 6) is -0.0868. The van der Waals surface area contributed by atoms with Gasteiger partial charge in [0.1, 0.15) is 0 Å². The first-order chi connectivity index (χ1) is 9.67. The Kier molecular flexibility index (Phi) is 3.55. The number of hydrogen-bond donors (Lipinski definition) is 1. The Morgan fingerprint density at radius 2 is 1.90 bits per heavy atom. The molecule has 1 aliphatic rings. The van der Waals surface area contributed by atoms with Gasteiger partial charge in [0.25, 0.3) is 5.91 Å². The zero-order chi connectivity index (χ0) is 14.1. The molecule has 1 heterocycles. The lowest BCUT2D eigenvalue weighted by Gasteiger charge is -2.01.